The Bertz CT molecular complexity index is 1230. The first-order valence-corrected chi connectivity index (χ1v) is 17.2. The lowest BCUT2D eigenvalue weighted by molar-refractivity contribution is -0.384. The van der Waals surface area contributed by atoms with E-state index in [-0.39, 0.29) is 37.4 Å². The number of nitrogens with zero attached hydrogens (tertiary/aromatic N) is 5. The molecule has 0 saturated heterocycles. The fraction of sp³-hybridized carbons (Fsp3) is 0.577. The Labute approximate surface area is 241 Å². The van der Waals surface area contributed by atoms with Crippen molar-refractivity contribution in [2.45, 2.75) is 39.9 Å². The van der Waals surface area contributed by atoms with Crippen molar-refractivity contribution in [3.05, 3.63) is 69.5 Å². The summed E-state index contributed by atoms with van der Waals surface area (Å²) in [5.74, 6) is 0. The number of nitro groups is 1. The molecule has 0 radical (unpaired) electrons. The highest BCUT2D eigenvalue weighted by Gasteiger charge is 2.27. The highest BCUT2D eigenvalue weighted by atomic mass is 31.2. The number of fused-ring (bicyclic) bond motifs is 2. The minimum atomic E-state index is -3.85. The van der Waals surface area contributed by atoms with Crippen molar-refractivity contribution in [1.82, 2.24) is 19.7 Å². The molecule has 3 unspecified atom stereocenters. The third-order valence-corrected chi connectivity index (χ3v) is 9.76. The molecule has 0 aliphatic carbocycles. The van der Waals surface area contributed by atoms with Gasteiger partial charge >= 0.3 is 15.2 Å². The van der Waals surface area contributed by atoms with Crippen LogP contribution in [0.4, 0.5) is 5.69 Å². The molecule has 15 heteroatoms. The average molecular weight is 614 g/mol. The maximum Gasteiger partial charge on any atom is 0.341 e. The van der Waals surface area contributed by atoms with Gasteiger partial charge in [0.1, 0.15) is 6.29 Å². The Morgan fingerprint density at radius 3 is 2.07 bits per heavy atom. The molecule has 0 saturated carbocycles. The molecule has 0 spiro atoms. The van der Waals surface area contributed by atoms with E-state index in [9.17, 15) is 29.0 Å². The highest BCUT2D eigenvalue weighted by Crippen LogP contribution is 2.43. The van der Waals surface area contributed by atoms with Gasteiger partial charge in [-0.3, -0.25) is 38.9 Å². The predicted molar refractivity (Wildman–Crippen MR) is 156 cm³/mol. The van der Waals surface area contributed by atoms with E-state index in [1.165, 1.54) is 12.1 Å². The van der Waals surface area contributed by atoms with E-state index in [2.05, 4.69) is 9.80 Å². The van der Waals surface area contributed by atoms with Crippen molar-refractivity contribution in [1.29, 1.82) is 0 Å². The Balaban J connectivity index is 1.90. The number of benzene rings is 1. The number of nitro benzene ring substituents is 1. The summed E-state index contributed by atoms with van der Waals surface area (Å²) < 4.78 is 35.3. The van der Waals surface area contributed by atoms with E-state index < -0.39 is 20.1 Å². The minimum Gasteiger partial charge on any atom is -0.324 e. The normalized spacial score (nSPS) is 19.8. The van der Waals surface area contributed by atoms with Crippen molar-refractivity contribution in [2.24, 2.45) is 0 Å². The van der Waals surface area contributed by atoms with Gasteiger partial charge in [-0.1, -0.05) is 18.2 Å². The van der Waals surface area contributed by atoms with E-state index in [1.54, 1.807) is 26.0 Å². The molecule has 0 amide bonds. The van der Waals surface area contributed by atoms with Crippen LogP contribution in [0.2, 0.25) is 0 Å². The summed E-state index contributed by atoms with van der Waals surface area (Å²) in [5, 5.41) is 11.2. The van der Waals surface area contributed by atoms with Crippen LogP contribution in [0.1, 0.15) is 43.8 Å². The van der Waals surface area contributed by atoms with Gasteiger partial charge in [-0.2, -0.15) is 0 Å². The van der Waals surface area contributed by atoms with Crippen molar-refractivity contribution in [2.75, 3.05) is 58.4 Å². The van der Waals surface area contributed by atoms with Gasteiger partial charge in [0.2, 0.25) is 0 Å². The topological polar surface area (TPSA) is 159 Å². The zero-order valence-electron chi connectivity index (χ0n) is 23.9. The molecule has 1 aliphatic heterocycles. The second kappa shape index (κ2) is 15.4. The minimum absolute atomic E-state index is 0.0120. The van der Waals surface area contributed by atoms with Gasteiger partial charge in [-0.15, -0.1) is 0 Å². The zero-order valence-corrected chi connectivity index (χ0v) is 25.7. The lowest BCUT2D eigenvalue weighted by Gasteiger charge is -2.35. The van der Waals surface area contributed by atoms with Crippen LogP contribution in [0.3, 0.4) is 0 Å². The molecule has 228 valence electrons. The van der Waals surface area contributed by atoms with E-state index >= 15 is 0 Å². The van der Waals surface area contributed by atoms with Crippen molar-refractivity contribution >= 4 is 20.9 Å². The largest absolute Gasteiger partial charge is 0.341 e. The summed E-state index contributed by atoms with van der Waals surface area (Å²) in [5.41, 5.74) is 2.42. The molecular weight excluding hydrogens is 572 g/mol. The number of pyridine rings is 1. The van der Waals surface area contributed by atoms with Crippen LogP contribution < -0.4 is 0 Å². The number of rotatable bonds is 12. The second-order valence-corrected chi connectivity index (χ2v) is 13.8. The quantitative estimate of drug-likeness (QED) is 0.201. The number of non-ortho nitro benzene ring substituents is 1. The summed E-state index contributed by atoms with van der Waals surface area (Å²) in [4.78, 5) is 42.2. The monoisotopic (exact) mass is 613 g/mol. The van der Waals surface area contributed by atoms with Gasteiger partial charge in [0, 0.05) is 64.0 Å². The lowest BCUT2D eigenvalue weighted by Crippen LogP contribution is -2.42. The van der Waals surface area contributed by atoms with Crippen LogP contribution >= 0.6 is 15.2 Å². The van der Waals surface area contributed by atoms with Crippen LogP contribution in [0, 0.1) is 10.1 Å². The summed E-state index contributed by atoms with van der Waals surface area (Å²) >= 11 is 0. The fourth-order valence-corrected chi connectivity index (χ4v) is 7.09. The molecule has 2 bridgehead atoms. The molecule has 3 rings (SSSR count). The molecule has 2 aromatic rings. The maximum absolute atomic E-state index is 12.7. The molecule has 13 nitrogen and oxygen atoms in total. The molecule has 3 atom stereocenters. The van der Waals surface area contributed by atoms with Gasteiger partial charge in [0.05, 0.1) is 35.7 Å². The van der Waals surface area contributed by atoms with Crippen LogP contribution in [0.15, 0.2) is 42.5 Å². The Morgan fingerprint density at radius 2 is 1.49 bits per heavy atom. The van der Waals surface area contributed by atoms with Crippen molar-refractivity contribution in [3.63, 3.8) is 0 Å². The third-order valence-electron chi connectivity index (χ3n) is 6.92. The van der Waals surface area contributed by atoms with Crippen molar-refractivity contribution < 1.29 is 32.9 Å². The highest BCUT2D eigenvalue weighted by molar-refractivity contribution is 7.53. The van der Waals surface area contributed by atoms with Crippen LogP contribution in [-0.2, 0) is 31.3 Å². The first kappa shape index (κ1) is 33.5. The molecule has 1 aromatic heterocycles. The fourth-order valence-electron chi connectivity index (χ4n) is 4.79. The molecule has 0 fully saturated rings. The molecular formula is C26H41N5O8P2. The summed E-state index contributed by atoms with van der Waals surface area (Å²) in [6, 6.07) is 12.0. The zero-order chi connectivity index (χ0) is 30.0. The van der Waals surface area contributed by atoms with E-state index in [1.807, 2.05) is 30.0 Å². The molecule has 2 heterocycles. The van der Waals surface area contributed by atoms with Crippen LogP contribution in [-0.4, -0.2) is 92.8 Å². The lowest BCUT2D eigenvalue weighted by atomic mass is 10.1. The van der Waals surface area contributed by atoms with Gasteiger partial charge in [-0.25, -0.2) is 0 Å². The Morgan fingerprint density at radius 1 is 0.927 bits per heavy atom. The molecule has 41 heavy (non-hydrogen) atoms. The average Bonchev–Trinajstić information content (AvgIpc) is 2.90. The molecule has 1 aliphatic rings. The predicted octanol–water partition coefficient (Wildman–Crippen LogP) is 4.07. The smallest absolute Gasteiger partial charge is 0.324 e. The van der Waals surface area contributed by atoms with E-state index in [0.717, 1.165) is 17.0 Å². The van der Waals surface area contributed by atoms with Gasteiger partial charge < -0.3 is 18.8 Å². The van der Waals surface area contributed by atoms with E-state index in [0.29, 0.717) is 45.8 Å². The standard InChI is InChI=1S/C26H41N5O8P2/c1-4-38-40(34,35)18-17-28-13-15-30(22(3)23-9-11-26(12-10-23)31(32)33)16-14-29(21-41(36,37)39-5-2)20-25-8-6-7-24(19-28)27-25/h6-12,22H,4-5,13-21H2,1-3H3,(H,34,35)(H,36,37). The Hall–Kier alpha value is -2.05. The van der Waals surface area contributed by atoms with Gasteiger partial charge in [0.15, 0.2) is 0 Å². The molecule has 2 N–H and O–H groups in total. The first-order chi connectivity index (χ1) is 19.4. The van der Waals surface area contributed by atoms with Gasteiger partial charge in [0.25, 0.3) is 5.69 Å². The van der Waals surface area contributed by atoms with Gasteiger partial charge in [-0.05, 0) is 38.5 Å². The maximum atomic E-state index is 12.7. The SMILES string of the molecule is CCOP(=O)(O)CCN1CCN(C(C)c2ccc([N+](=O)[O-])cc2)CCN(CP(=O)(O)OCC)Cc2cccc(n2)C1. The first-order valence-electron chi connectivity index (χ1n) is 13.7. The molecule has 1 aromatic carbocycles. The summed E-state index contributed by atoms with van der Waals surface area (Å²) in [6.07, 6.45) is -0.169. The summed E-state index contributed by atoms with van der Waals surface area (Å²) in [7, 11) is -7.57. The second-order valence-electron chi connectivity index (χ2n) is 9.99. The number of aromatic nitrogens is 1. The number of hydrogen-bond donors (Lipinski definition) is 2. The third kappa shape index (κ3) is 10.9. The number of hydrogen-bond acceptors (Lipinski definition) is 10. The van der Waals surface area contributed by atoms with Crippen LogP contribution in [0.25, 0.3) is 0 Å². The van der Waals surface area contributed by atoms with E-state index in [4.69, 9.17) is 14.0 Å². The van der Waals surface area contributed by atoms with Crippen molar-refractivity contribution in [3.8, 4) is 0 Å². The Kier molecular flexibility index (Phi) is 12.6. The summed E-state index contributed by atoms with van der Waals surface area (Å²) in [6.45, 7) is 8.83. The van der Waals surface area contributed by atoms with Crippen LogP contribution in [0.5, 0.6) is 0 Å².